The number of rotatable bonds is 4. The molecule has 0 aliphatic heterocycles. The van der Waals surface area contributed by atoms with Gasteiger partial charge in [0.25, 0.3) is 0 Å². The number of likely N-dealkylation sites (N-methyl/N-ethyl adjacent to an activating group) is 1. The maximum Gasteiger partial charge on any atom is 0.130 e. The number of hydrogen-bond donors (Lipinski definition) is 1. The summed E-state index contributed by atoms with van der Waals surface area (Å²) in [5, 5.41) is 3.08. The van der Waals surface area contributed by atoms with Crippen molar-refractivity contribution < 1.29 is 0 Å². The molecule has 2 rings (SSSR count). The summed E-state index contributed by atoms with van der Waals surface area (Å²) in [5.74, 6) is 0.845. The van der Waals surface area contributed by atoms with Gasteiger partial charge in [0.05, 0.1) is 11.4 Å². The number of nitrogens with one attached hydrogen (secondary N) is 1. The van der Waals surface area contributed by atoms with E-state index >= 15 is 0 Å². The van der Waals surface area contributed by atoms with Crippen LogP contribution < -0.4 is 5.32 Å². The Bertz CT molecular complexity index is 442. The van der Waals surface area contributed by atoms with Gasteiger partial charge in [0.1, 0.15) is 5.82 Å². The lowest BCUT2D eigenvalue weighted by Crippen LogP contribution is -2.12. The summed E-state index contributed by atoms with van der Waals surface area (Å²) in [4.78, 5) is 13.0. The standard InChI is InChI=1S/C12H14N4/c1-13-8-6-12-15-9-5-11(16-12)10-4-2-3-7-14-10/h2-5,7,9,13H,6,8H2,1H3. The third-order valence-corrected chi connectivity index (χ3v) is 2.23. The van der Waals surface area contributed by atoms with E-state index in [1.54, 1.807) is 12.4 Å². The molecule has 0 saturated carbocycles. The number of nitrogens with zero attached hydrogens (tertiary/aromatic N) is 3. The Morgan fingerprint density at radius 1 is 1.06 bits per heavy atom. The van der Waals surface area contributed by atoms with Crippen LogP contribution in [0, 0.1) is 0 Å². The van der Waals surface area contributed by atoms with Gasteiger partial charge in [-0.1, -0.05) is 6.07 Å². The van der Waals surface area contributed by atoms with Crippen molar-refractivity contribution in [3.63, 3.8) is 0 Å². The molecule has 0 aromatic carbocycles. The predicted molar refractivity (Wildman–Crippen MR) is 62.9 cm³/mol. The first-order valence-corrected chi connectivity index (χ1v) is 5.28. The van der Waals surface area contributed by atoms with Crippen LogP contribution in [0.1, 0.15) is 5.82 Å². The zero-order valence-corrected chi connectivity index (χ0v) is 9.22. The van der Waals surface area contributed by atoms with E-state index in [0.29, 0.717) is 0 Å². The van der Waals surface area contributed by atoms with Crippen molar-refractivity contribution >= 4 is 0 Å². The quantitative estimate of drug-likeness (QED) is 0.833. The lowest BCUT2D eigenvalue weighted by Gasteiger charge is -2.02. The van der Waals surface area contributed by atoms with Crippen LogP contribution in [-0.2, 0) is 6.42 Å². The maximum atomic E-state index is 4.47. The van der Waals surface area contributed by atoms with Gasteiger partial charge in [0.15, 0.2) is 0 Å². The van der Waals surface area contributed by atoms with Gasteiger partial charge in [-0.15, -0.1) is 0 Å². The van der Waals surface area contributed by atoms with Gasteiger partial charge >= 0.3 is 0 Å². The summed E-state index contributed by atoms with van der Waals surface area (Å²) in [6.07, 6.45) is 4.38. The number of hydrogen-bond acceptors (Lipinski definition) is 4. The molecular weight excluding hydrogens is 200 g/mol. The summed E-state index contributed by atoms with van der Waals surface area (Å²) in [7, 11) is 1.92. The highest BCUT2D eigenvalue weighted by Crippen LogP contribution is 2.12. The summed E-state index contributed by atoms with van der Waals surface area (Å²) in [6.45, 7) is 0.881. The fourth-order valence-corrected chi connectivity index (χ4v) is 1.41. The van der Waals surface area contributed by atoms with Crippen LogP contribution in [0.2, 0.25) is 0 Å². The second-order valence-corrected chi connectivity index (χ2v) is 3.43. The summed E-state index contributed by atoms with van der Waals surface area (Å²) >= 11 is 0. The molecule has 0 fully saturated rings. The van der Waals surface area contributed by atoms with Crippen LogP contribution in [0.4, 0.5) is 0 Å². The Morgan fingerprint density at radius 2 is 2.00 bits per heavy atom. The average molecular weight is 214 g/mol. The molecule has 2 heterocycles. The molecule has 0 spiro atoms. The van der Waals surface area contributed by atoms with Gasteiger partial charge in [-0.3, -0.25) is 4.98 Å². The predicted octanol–water partition coefficient (Wildman–Crippen LogP) is 1.30. The monoisotopic (exact) mass is 214 g/mol. The molecule has 16 heavy (non-hydrogen) atoms. The van der Waals surface area contributed by atoms with Crippen LogP contribution in [0.25, 0.3) is 11.4 Å². The van der Waals surface area contributed by atoms with Crippen molar-refractivity contribution in [2.75, 3.05) is 13.6 Å². The third-order valence-electron chi connectivity index (χ3n) is 2.23. The zero-order chi connectivity index (χ0) is 11.2. The Kier molecular flexibility index (Phi) is 3.56. The minimum Gasteiger partial charge on any atom is -0.319 e. The van der Waals surface area contributed by atoms with Crippen LogP contribution >= 0.6 is 0 Å². The fraction of sp³-hybridized carbons (Fsp3) is 0.250. The van der Waals surface area contributed by atoms with E-state index in [9.17, 15) is 0 Å². The Labute approximate surface area is 94.8 Å². The second kappa shape index (κ2) is 5.32. The first-order chi connectivity index (χ1) is 7.90. The second-order valence-electron chi connectivity index (χ2n) is 3.43. The van der Waals surface area contributed by atoms with Gasteiger partial charge in [0, 0.05) is 25.4 Å². The lowest BCUT2D eigenvalue weighted by molar-refractivity contribution is 0.756. The van der Waals surface area contributed by atoms with Crippen LogP contribution in [0.5, 0.6) is 0 Å². The molecule has 0 radical (unpaired) electrons. The van der Waals surface area contributed by atoms with Gasteiger partial charge in [0.2, 0.25) is 0 Å². The molecule has 2 aromatic heterocycles. The molecule has 1 N–H and O–H groups in total. The minimum absolute atomic E-state index is 0.831. The lowest BCUT2D eigenvalue weighted by atomic mass is 10.2. The Morgan fingerprint density at radius 3 is 2.75 bits per heavy atom. The van der Waals surface area contributed by atoms with E-state index in [0.717, 1.165) is 30.2 Å². The van der Waals surface area contributed by atoms with E-state index in [1.165, 1.54) is 0 Å². The van der Waals surface area contributed by atoms with Crippen LogP contribution in [0.3, 0.4) is 0 Å². The maximum absolute atomic E-state index is 4.47. The van der Waals surface area contributed by atoms with E-state index in [-0.39, 0.29) is 0 Å². The summed E-state index contributed by atoms with van der Waals surface area (Å²) in [6, 6.07) is 7.68. The van der Waals surface area contributed by atoms with E-state index in [4.69, 9.17) is 0 Å². The minimum atomic E-state index is 0.831. The van der Waals surface area contributed by atoms with E-state index in [2.05, 4.69) is 20.3 Å². The smallest absolute Gasteiger partial charge is 0.130 e. The van der Waals surface area contributed by atoms with Crippen molar-refractivity contribution in [2.45, 2.75) is 6.42 Å². The molecular formula is C12H14N4. The molecule has 0 aliphatic carbocycles. The highest BCUT2D eigenvalue weighted by Gasteiger charge is 2.02. The fourth-order valence-electron chi connectivity index (χ4n) is 1.41. The molecule has 82 valence electrons. The van der Waals surface area contributed by atoms with Gasteiger partial charge in [-0.25, -0.2) is 9.97 Å². The zero-order valence-electron chi connectivity index (χ0n) is 9.22. The van der Waals surface area contributed by atoms with Gasteiger partial charge in [-0.2, -0.15) is 0 Å². The van der Waals surface area contributed by atoms with Crippen molar-refractivity contribution in [1.29, 1.82) is 0 Å². The summed E-state index contributed by atoms with van der Waals surface area (Å²) < 4.78 is 0. The molecule has 0 amide bonds. The van der Waals surface area contributed by atoms with Crippen LogP contribution in [-0.4, -0.2) is 28.5 Å². The molecule has 0 saturated heterocycles. The highest BCUT2D eigenvalue weighted by molar-refractivity contribution is 5.52. The number of pyridine rings is 1. The van der Waals surface area contributed by atoms with Crippen molar-refractivity contribution in [3.05, 3.63) is 42.5 Å². The molecule has 0 atom stereocenters. The molecule has 4 heteroatoms. The molecule has 0 aliphatic rings. The first-order valence-electron chi connectivity index (χ1n) is 5.28. The van der Waals surface area contributed by atoms with Gasteiger partial charge in [-0.05, 0) is 25.2 Å². The molecule has 0 bridgehead atoms. The normalized spacial score (nSPS) is 10.3. The third kappa shape index (κ3) is 2.61. The van der Waals surface area contributed by atoms with Crippen molar-refractivity contribution in [1.82, 2.24) is 20.3 Å². The molecule has 2 aromatic rings. The first kappa shape index (κ1) is 10.7. The Balaban J connectivity index is 2.22. The SMILES string of the molecule is CNCCc1nccc(-c2ccccn2)n1. The highest BCUT2D eigenvalue weighted by atomic mass is 14.9. The molecule has 0 unspecified atom stereocenters. The van der Waals surface area contributed by atoms with Crippen LogP contribution in [0.15, 0.2) is 36.7 Å². The van der Waals surface area contributed by atoms with Gasteiger partial charge < -0.3 is 5.32 Å². The molecule has 4 nitrogen and oxygen atoms in total. The van der Waals surface area contributed by atoms with Crippen molar-refractivity contribution in [3.8, 4) is 11.4 Å². The average Bonchev–Trinajstić information content (AvgIpc) is 2.38. The van der Waals surface area contributed by atoms with E-state index < -0.39 is 0 Å². The van der Waals surface area contributed by atoms with E-state index in [1.807, 2.05) is 31.3 Å². The summed E-state index contributed by atoms with van der Waals surface area (Å²) in [5.41, 5.74) is 1.76. The Hall–Kier alpha value is -1.81. The number of aromatic nitrogens is 3. The largest absolute Gasteiger partial charge is 0.319 e. The topological polar surface area (TPSA) is 50.7 Å². The van der Waals surface area contributed by atoms with Crippen molar-refractivity contribution in [2.24, 2.45) is 0 Å².